The Morgan fingerprint density at radius 3 is 2.78 bits per heavy atom. The van der Waals surface area contributed by atoms with E-state index in [-0.39, 0.29) is 11.9 Å². The fraction of sp³-hybridized carbons (Fsp3) is 0.176. The van der Waals surface area contributed by atoms with Gasteiger partial charge in [0.2, 0.25) is 5.91 Å². The summed E-state index contributed by atoms with van der Waals surface area (Å²) in [5, 5.41) is 3.61. The molecule has 23 heavy (non-hydrogen) atoms. The first-order valence-electron chi connectivity index (χ1n) is 7.25. The number of nitrogens with zero attached hydrogens (tertiary/aromatic N) is 1. The number of para-hydroxylation sites is 2. The number of amides is 1. The number of imidazole rings is 1. The molecule has 0 radical (unpaired) electrons. The summed E-state index contributed by atoms with van der Waals surface area (Å²) in [6, 6.07) is 15.1. The molecule has 2 N–H and O–H groups in total. The number of fused-ring (bicyclic) bond motifs is 1. The van der Waals surface area contributed by atoms with Crippen molar-refractivity contribution in [2.45, 2.75) is 17.9 Å². The highest BCUT2D eigenvalue weighted by molar-refractivity contribution is 8.00. The van der Waals surface area contributed by atoms with Crippen molar-refractivity contribution < 1.29 is 4.79 Å². The van der Waals surface area contributed by atoms with Crippen LogP contribution in [0, 0.1) is 0 Å². The predicted molar refractivity (Wildman–Crippen MR) is 94.8 cm³/mol. The normalized spacial score (nSPS) is 12.3. The Kier molecular flexibility index (Phi) is 4.88. The van der Waals surface area contributed by atoms with Crippen molar-refractivity contribution in [1.82, 2.24) is 15.3 Å². The lowest BCUT2D eigenvalue weighted by Gasteiger charge is -2.11. The van der Waals surface area contributed by atoms with Crippen LogP contribution in [0.2, 0.25) is 5.02 Å². The van der Waals surface area contributed by atoms with E-state index >= 15 is 0 Å². The van der Waals surface area contributed by atoms with Gasteiger partial charge in [-0.15, -0.1) is 11.8 Å². The maximum atomic E-state index is 12.1. The Bertz CT molecular complexity index is 800. The van der Waals surface area contributed by atoms with E-state index in [1.54, 1.807) is 0 Å². The van der Waals surface area contributed by atoms with Gasteiger partial charge in [-0.05, 0) is 31.2 Å². The summed E-state index contributed by atoms with van der Waals surface area (Å²) in [5.41, 5.74) is 1.86. The van der Waals surface area contributed by atoms with Gasteiger partial charge in [0.25, 0.3) is 0 Å². The van der Waals surface area contributed by atoms with Crippen LogP contribution in [-0.4, -0.2) is 21.6 Å². The number of halogens is 1. The molecule has 2 aromatic carbocycles. The number of H-pyrrole nitrogens is 1. The summed E-state index contributed by atoms with van der Waals surface area (Å²) in [6.45, 7) is 1.91. The summed E-state index contributed by atoms with van der Waals surface area (Å²) in [7, 11) is 0. The average molecular weight is 346 g/mol. The number of thioether (sulfide) groups is 1. The van der Waals surface area contributed by atoms with Gasteiger partial charge in [-0.25, -0.2) is 4.98 Å². The molecule has 118 valence electrons. The minimum atomic E-state index is -0.179. The third-order valence-electron chi connectivity index (χ3n) is 3.39. The molecule has 0 aliphatic heterocycles. The lowest BCUT2D eigenvalue weighted by molar-refractivity contribution is -0.119. The molecule has 0 aliphatic rings. The molecule has 0 saturated heterocycles. The summed E-state index contributed by atoms with van der Waals surface area (Å²) in [4.78, 5) is 20.7. The second kappa shape index (κ2) is 7.06. The zero-order valence-electron chi connectivity index (χ0n) is 12.5. The van der Waals surface area contributed by atoms with Crippen molar-refractivity contribution in [3.05, 3.63) is 59.4 Å². The second-order valence-corrected chi connectivity index (χ2v) is 6.57. The Morgan fingerprint density at radius 1 is 1.26 bits per heavy atom. The van der Waals surface area contributed by atoms with Crippen LogP contribution in [0.25, 0.3) is 11.0 Å². The minimum absolute atomic E-state index is 0.0529. The molecular weight excluding hydrogens is 330 g/mol. The SMILES string of the molecule is CC(NC(=O)CSc1ccccc1Cl)c1nc2ccccc2[nH]1. The number of rotatable bonds is 5. The molecule has 0 aliphatic carbocycles. The minimum Gasteiger partial charge on any atom is -0.346 e. The highest BCUT2D eigenvalue weighted by Gasteiger charge is 2.14. The Balaban J connectivity index is 1.60. The van der Waals surface area contributed by atoms with Crippen LogP contribution in [0.4, 0.5) is 0 Å². The standard InChI is InChI=1S/C17H16ClN3OS/c1-11(17-20-13-7-3-4-8-14(13)21-17)19-16(22)10-23-15-9-5-2-6-12(15)18/h2-9,11H,10H2,1H3,(H,19,22)(H,20,21). The van der Waals surface area contributed by atoms with Crippen LogP contribution in [0.15, 0.2) is 53.4 Å². The highest BCUT2D eigenvalue weighted by atomic mass is 35.5. The molecule has 1 aromatic heterocycles. The molecule has 3 rings (SSSR count). The first-order valence-corrected chi connectivity index (χ1v) is 8.61. The molecule has 1 atom stereocenters. The van der Waals surface area contributed by atoms with E-state index in [0.717, 1.165) is 21.8 Å². The molecule has 4 nitrogen and oxygen atoms in total. The van der Waals surface area contributed by atoms with Gasteiger partial charge < -0.3 is 10.3 Å². The van der Waals surface area contributed by atoms with E-state index in [0.29, 0.717) is 10.8 Å². The summed E-state index contributed by atoms with van der Waals surface area (Å²) >= 11 is 7.51. The molecule has 1 unspecified atom stereocenters. The summed E-state index contributed by atoms with van der Waals surface area (Å²) < 4.78 is 0. The maximum absolute atomic E-state index is 12.1. The van der Waals surface area contributed by atoms with Gasteiger partial charge >= 0.3 is 0 Å². The predicted octanol–water partition coefficient (Wildman–Crippen LogP) is 4.19. The van der Waals surface area contributed by atoms with Crippen LogP contribution < -0.4 is 5.32 Å². The van der Waals surface area contributed by atoms with Crippen LogP contribution in [-0.2, 0) is 4.79 Å². The number of nitrogens with one attached hydrogen (secondary N) is 2. The number of carbonyl (C=O) groups excluding carboxylic acids is 1. The Hall–Kier alpha value is -1.98. The summed E-state index contributed by atoms with van der Waals surface area (Å²) in [5.74, 6) is 1.01. The van der Waals surface area contributed by atoms with Crippen molar-refractivity contribution in [2.24, 2.45) is 0 Å². The van der Waals surface area contributed by atoms with Crippen LogP contribution >= 0.6 is 23.4 Å². The van der Waals surface area contributed by atoms with Crippen molar-refractivity contribution >= 4 is 40.3 Å². The van der Waals surface area contributed by atoms with Crippen LogP contribution in [0.5, 0.6) is 0 Å². The first-order chi connectivity index (χ1) is 11.1. The van der Waals surface area contributed by atoms with Crippen molar-refractivity contribution in [2.75, 3.05) is 5.75 Å². The maximum Gasteiger partial charge on any atom is 0.230 e. The van der Waals surface area contributed by atoms with E-state index in [2.05, 4.69) is 15.3 Å². The van der Waals surface area contributed by atoms with Gasteiger partial charge in [0.05, 0.1) is 27.9 Å². The lowest BCUT2D eigenvalue weighted by atomic mass is 10.3. The molecule has 3 aromatic rings. The lowest BCUT2D eigenvalue weighted by Crippen LogP contribution is -2.28. The molecule has 0 fully saturated rings. The van der Waals surface area contributed by atoms with Gasteiger partial charge in [-0.1, -0.05) is 35.9 Å². The number of aromatic amines is 1. The molecular formula is C17H16ClN3OS. The molecule has 0 bridgehead atoms. The van der Waals surface area contributed by atoms with Crippen LogP contribution in [0.1, 0.15) is 18.8 Å². The first kappa shape index (κ1) is 15.9. The molecule has 0 spiro atoms. The number of aromatic nitrogens is 2. The highest BCUT2D eigenvalue weighted by Crippen LogP contribution is 2.26. The van der Waals surface area contributed by atoms with E-state index in [9.17, 15) is 4.79 Å². The molecule has 1 heterocycles. The topological polar surface area (TPSA) is 57.8 Å². The van der Waals surface area contributed by atoms with Crippen molar-refractivity contribution in [1.29, 1.82) is 0 Å². The van der Waals surface area contributed by atoms with E-state index in [1.165, 1.54) is 11.8 Å². The fourth-order valence-corrected chi connectivity index (χ4v) is 3.28. The molecule has 1 amide bonds. The van der Waals surface area contributed by atoms with Gasteiger partial charge in [0, 0.05) is 4.90 Å². The Labute approximate surface area is 143 Å². The van der Waals surface area contributed by atoms with E-state index < -0.39 is 0 Å². The van der Waals surface area contributed by atoms with E-state index in [4.69, 9.17) is 11.6 Å². The number of benzene rings is 2. The van der Waals surface area contributed by atoms with Gasteiger partial charge in [0.15, 0.2) is 0 Å². The number of carbonyl (C=O) groups is 1. The number of hydrogen-bond donors (Lipinski definition) is 2. The average Bonchev–Trinajstić information content (AvgIpc) is 2.98. The Morgan fingerprint density at radius 2 is 2.00 bits per heavy atom. The smallest absolute Gasteiger partial charge is 0.230 e. The third kappa shape index (κ3) is 3.86. The van der Waals surface area contributed by atoms with Gasteiger partial charge in [-0.2, -0.15) is 0 Å². The quantitative estimate of drug-likeness (QED) is 0.682. The van der Waals surface area contributed by atoms with Gasteiger partial charge in [0.1, 0.15) is 5.82 Å². The van der Waals surface area contributed by atoms with Crippen LogP contribution in [0.3, 0.4) is 0 Å². The van der Waals surface area contributed by atoms with Crippen molar-refractivity contribution in [3.63, 3.8) is 0 Å². The fourth-order valence-electron chi connectivity index (χ4n) is 2.23. The third-order valence-corrected chi connectivity index (χ3v) is 4.91. The van der Waals surface area contributed by atoms with E-state index in [1.807, 2.05) is 55.5 Å². The monoisotopic (exact) mass is 345 g/mol. The molecule has 6 heteroatoms. The second-order valence-electron chi connectivity index (χ2n) is 5.15. The molecule has 0 saturated carbocycles. The van der Waals surface area contributed by atoms with Gasteiger partial charge in [-0.3, -0.25) is 4.79 Å². The van der Waals surface area contributed by atoms with Crippen molar-refractivity contribution in [3.8, 4) is 0 Å². The zero-order chi connectivity index (χ0) is 16.2. The largest absolute Gasteiger partial charge is 0.346 e. The number of hydrogen-bond acceptors (Lipinski definition) is 3. The summed E-state index contributed by atoms with van der Waals surface area (Å²) in [6.07, 6.45) is 0. The zero-order valence-corrected chi connectivity index (χ0v) is 14.1.